The van der Waals surface area contributed by atoms with Crippen molar-refractivity contribution in [3.8, 4) is 11.5 Å². The number of rotatable bonds is 4. The minimum atomic E-state index is -0.624. The SMILES string of the molecule is CC(C)(C)OC(=O)Cc1ccc(Oc2ccnc3ncc(Cl)nc23)cc1F. The summed E-state index contributed by atoms with van der Waals surface area (Å²) in [6, 6.07) is 5.83. The Balaban J connectivity index is 1.81. The fourth-order valence-corrected chi connectivity index (χ4v) is 2.49. The van der Waals surface area contributed by atoms with Crippen molar-refractivity contribution >= 4 is 28.7 Å². The van der Waals surface area contributed by atoms with E-state index >= 15 is 0 Å². The van der Waals surface area contributed by atoms with E-state index in [9.17, 15) is 9.18 Å². The summed E-state index contributed by atoms with van der Waals surface area (Å²) in [6.45, 7) is 5.27. The molecule has 0 aliphatic carbocycles. The predicted octanol–water partition coefficient (Wildman–Crippen LogP) is 4.49. The molecule has 0 unspecified atom stereocenters. The molecule has 27 heavy (non-hydrogen) atoms. The van der Waals surface area contributed by atoms with E-state index in [-0.39, 0.29) is 22.9 Å². The maximum atomic E-state index is 14.4. The van der Waals surface area contributed by atoms with Crippen LogP contribution in [0.15, 0.2) is 36.7 Å². The van der Waals surface area contributed by atoms with E-state index in [2.05, 4.69) is 15.0 Å². The standard InChI is InChI=1S/C19H17ClFN3O3/c1-19(2,3)27-16(25)8-11-4-5-12(9-13(11)21)26-14-6-7-22-18-17(14)24-15(20)10-23-18/h4-7,9-10H,8H2,1-3H3. The van der Waals surface area contributed by atoms with Gasteiger partial charge in [0, 0.05) is 18.3 Å². The molecule has 0 amide bonds. The second kappa shape index (κ2) is 7.44. The summed E-state index contributed by atoms with van der Waals surface area (Å²) in [5.74, 6) is -0.482. The van der Waals surface area contributed by atoms with Crippen LogP contribution in [0.4, 0.5) is 4.39 Å². The zero-order valence-corrected chi connectivity index (χ0v) is 15.7. The number of fused-ring (bicyclic) bond motifs is 1. The van der Waals surface area contributed by atoms with Gasteiger partial charge in [-0.1, -0.05) is 17.7 Å². The second-order valence-corrected chi connectivity index (χ2v) is 7.18. The Morgan fingerprint density at radius 3 is 2.70 bits per heavy atom. The van der Waals surface area contributed by atoms with Crippen LogP contribution in [-0.2, 0) is 16.0 Å². The van der Waals surface area contributed by atoms with Gasteiger partial charge in [-0.15, -0.1) is 0 Å². The van der Waals surface area contributed by atoms with Crippen LogP contribution in [0.5, 0.6) is 11.5 Å². The van der Waals surface area contributed by atoms with Crippen LogP contribution in [-0.4, -0.2) is 26.5 Å². The van der Waals surface area contributed by atoms with E-state index in [1.54, 1.807) is 32.9 Å². The second-order valence-electron chi connectivity index (χ2n) is 6.79. The van der Waals surface area contributed by atoms with Gasteiger partial charge in [0.2, 0.25) is 0 Å². The summed E-state index contributed by atoms with van der Waals surface area (Å²) in [7, 11) is 0. The topological polar surface area (TPSA) is 74.2 Å². The first-order valence-corrected chi connectivity index (χ1v) is 8.54. The number of esters is 1. The Labute approximate surface area is 160 Å². The van der Waals surface area contributed by atoms with Crippen molar-refractivity contribution in [3.05, 3.63) is 53.2 Å². The molecule has 0 aliphatic rings. The molecule has 0 bridgehead atoms. The van der Waals surface area contributed by atoms with Gasteiger partial charge in [0.1, 0.15) is 22.3 Å². The van der Waals surface area contributed by atoms with Crippen LogP contribution >= 0.6 is 11.6 Å². The van der Waals surface area contributed by atoms with E-state index < -0.39 is 17.4 Å². The number of benzene rings is 1. The van der Waals surface area contributed by atoms with Crippen molar-refractivity contribution in [1.29, 1.82) is 0 Å². The molecule has 0 spiro atoms. The monoisotopic (exact) mass is 389 g/mol. The summed E-state index contributed by atoms with van der Waals surface area (Å²) >= 11 is 5.87. The molecular weight excluding hydrogens is 373 g/mol. The molecule has 2 heterocycles. The third-order valence-corrected chi connectivity index (χ3v) is 3.57. The molecule has 6 nitrogen and oxygen atoms in total. The van der Waals surface area contributed by atoms with Crippen LogP contribution < -0.4 is 4.74 Å². The van der Waals surface area contributed by atoms with Crippen LogP contribution in [0.2, 0.25) is 5.15 Å². The van der Waals surface area contributed by atoms with Crippen LogP contribution in [0.3, 0.4) is 0 Å². The lowest BCUT2D eigenvalue weighted by Crippen LogP contribution is -2.25. The van der Waals surface area contributed by atoms with E-state index in [1.807, 2.05) is 0 Å². The highest BCUT2D eigenvalue weighted by atomic mass is 35.5. The van der Waals surface area contributed by atoms with Crippen molar-refractivity contribution in [1.82, 2.24) is 15.0 Å². The molecule has 1 aromatic carbocycles. The van der Waals surface area contributed by atoms with E-state index in [0.717, 1.165) is 0 Å². The Morgan fingerprint density at radius 2 is 2.00 bits per heavy atom. The number of carbonyl (C=O) groups excluding carboxylic acids is 1. The first kappa shape index (κ1) is 19.0. The summed E-state index contributed by atoms with van der Waals surface area (Å²) in [5.41, 5.74) is 0.322. The van der Waals surface area contributed by atoms with E-state index in [4.69, 9.17) is 21.1 Å². The van der Waals surface area contributed by atoms with E-state index in [1.165, 1.54) is 24.5 Å². The first-order valence-electron chi connectivity index (χ1n) is 8.17. The number of aromatic nitrogens is 3. The number of hydrogen-bond acceptors (Lipinski definition) is 6. The van der Waals surface area contributed by atoms with Gasteiger partial charge in [0.25, 0.3) is 0 Å². The third-order valence-electron chi connectivity index (χ3n) is 3.39. The molecule has 0 radical (unpaired) electrons. The lowest BCUT2D eigenvalue weighted by atomic mass is 10.1. The van der Waals surface area contributed by atoms with Gasteiger partial charge in [0.15, 0.2) is 16.9 Å². The van der Waals surface area contributed by atoms with Crippen molar-refractivity contribution in [2.75, 3.05) is 0 Å². The van der Waals surface area contributed by atoms with Gasteiger partial charge in [0.05, 0.1) is 12.6 Å². The van der Waals surface area contributed by atoms with Crippen LogP contribution in [0.25, 0.3) is 11.2 Å². The number of nitrogens with zero attached hydrogens (tertiary/aromatic N) is 3. The van der Waals surface area contributed by atoms with Gasteiger partial charge >= 0.3 is 5.97 Å². The molecule has 0 atom stereocenters. The molecule has 0 saturated carbocycles. The van der Waals surface area contributed by atoms with Gasteiger partial charge in [-0.05, 0) is 32.4 Å². The summed E-state index contributed by atoms with van der Waals surface area (Å²) in [4.78, 5) is 24.2. The van der Waals surface area contributed by atoms with Crippen LogP contribution in [0.1, 0.15) is 26.3 Å². The maximum Gasteiger partial charge on any atom is 0.310 e. The van der Waals surface area contributed by atoms with Gasteiger partial charge in [-0.3, -0.25) is 4.79 Å². The molecule has 3 aromatic rings. The van der Waals surface area contributed by atoms with Gasteiger partial charge in [-0.2, -0.15) is 0 Å². The molecule has 140 valence electrons. The Hall–Kier alpha value is -2.80. The number of ether oxygens (including phenoxy) is 2. The minimum Gasteiger partial charge on any atom is -0.460 e. The minimum absolute atomic E-state index is 0.164. The highest BCUT2D eigenvalue weighted by molar-refractivity contribution is 6.29. The molecule has 3 rings (SSSR count). The highest BCUT2D eigenvalue weighted by Gasteiger charge is 2.18. The third kappa shape index (κ3) is 4.89. The Bertz CT molecular complexity index is 1010. The summed E-state index contributed by atoms with van der Waals surface area (Å²) < 4.78 is 25.3. The Morgan fingerprint density at radius 1 is 1.22 bits per heavy atom. The van der Waals surface area contributed by atoms with Crippen molar-refractivity contribution in [3.63, 3.8) is 0 Å². The average Bonchev–Trinajstić information content (AvgIpc) is 2.56. The first-order chi connectivity index (χ1) is 12.7. The molecule has 0 saturated heterocycles. The number of carbonyl (C=O) groups is 1. The van der Waals surface area contributed by atoms with Crippen molar-refractivity contribution in [2.24, 2.45) is 0 Å². The van der Waals surface area contributed by atoms with Crippen molar-refractivity contribution < 1.29 is 18.7 Å². The average molecular weight is 390 g/mol. The fraction of sp³-hybridized carbons (Fsp3) is 0.263. The summed E-state index contributed by atoms with van der Waals surface area (Å²) in [6.07, 6.45) is 2.72. The lowest BCUT2D eigenvalue weighted by Gasteiger charge is -2.19. The van der Waals surface area contributed by atoms with Gasteiger partial charge in [-0.25, -0.2) is 19.3 Å². The predicted molar refractivity (Wildman–Crippen MR) is 98.4 cm³/mol. The zero-order valence-electron chi connectivity index (χ0n) is 15.0. The lowest BCUT2D eigenvalue weighted by molar-refractivity contribution is -0.153. The van der Waals surface area contributed by atoms with Crippen LogP contribution in [0, 0.1) is 5.82 Å². The van der Waals surface area contributed by atoms with E-state index in [0.29, 0.717) is 16.9 Å². The smallest absolute Gasteiger partial charge is 0.310 e. The number of halogens is 2. The maximum absolute atomic E-state index is 14.4. The molecule has 0 aliphatic heterocycles. The normalized spacial score (nSPS) is 11.4. The molecule has 0 N–H and O–H groups in total. The largest absolute Gasteiger partial charge is 0.460 e. The fourth-order valence-electron chi connectivity index (χ4n) is 2.35. The Kier molecular flexibility index (Phi) is 5.23. The highest BCUT2D eigenvalue weighted by Crippen LogP contribution is 2.28. The molecule has 8 heteroatoms. The molecule has 2 aromatic heterocycles. The summed E-state index contributed by atoms with van der Waals surface area (Å²) in [5, 5.41) is 0.194. The quantitative estimate of drug-likeness (QED) is 0.612. The number of hydrogen-bond donors (Lipinski definition) is 0. The molecular formula is C19H17ClFN3O3. The van der Waals surface area contributed by atoms with Crippen molar-refractivity contribution in [2.45, 2.75) is 32.8 Å². The molecule has 0 fully saturated rings. The van der Waals surface area contributed by atoms with Gasteiger partial charge < -0.3 is 9.47 Å². The number of pyridine rings is 1. The zero-order chi connectivity index (χ0) is 19.6.